The van der Waals surface area contributed by atoms with Gasteiger partial charge in [0.1, 0.15) is 5.82 Å². The van der Waals surface area contributed by atoms with Crippen molar-refractivity contribution < 1.29 is 13.9 Å². The first kappa shape index (κ1) is 15.9. The number of likely N-dealkylation sites (tertiary alicyclic amines) is 1. The highest BCUT2D eigenvalue weighted by Gasteiger charge is 2.29. The van der Waals surface area contributed by atoms with Gasteiger partial charge in [0.2, 0.25) is 5.91 Å². The van der Waals surface area contributed by atoms with E-state index in [0.29, 0.717) is 19.6 Å². The maximum Gasteiger partial charge on any atom is 0.223 e. The molecule has 1 aromatic heterocycles. The lowest BCUT2D eigenvalue weighted by molar-refractivity contribution is -0.128. The number of halogens is 1. The molecule has 1 aromatic carbocycles. The number of rotatable bonds is 5. The van der Waals surface area contributed by atoms with Gasteiger partial charge in [0, 0.05) is 37.7 Å². The lowest BCUT2D eigenvalue weighted by Crippen LogP contribution is -2.28. The van der Waals surface area contributed by atoms with E-state index in [1.54, 1.807) is 13.2 Å². The fourth-order valence-electron chi connectivity index (χ4n) is 3.30. The standard InChI is InChI=1S/C18H21FN2O2/c1-12-7-14(16-10-15(19)3-4-17(16)20-12)8-13-9-18(22)21(11-13)5-6-23-2/h3-4,7,10,13H,5-6,8-9,11H2,1-2H3/t13-/m1/s1. The quantitative estimate of drug-likeness (QED) is 0.852. The molecule has 1 fully saturated rings. The van der Waals surface area contributed by atoms with Crippen molar-refractivity contribution in [1.82, 2.24) is 9.88 Å². The first-order valence-electron chi connectivity index (χ1n) is 7.89. The van der Waals surface area contributed by atoms with E-state index in [-0.39, 0.29) is 17.6 Å². The SMILES string of the molecule is COCCN1C[C@H](Cc2cc(C)nc3ccc(F)cc23)CC1=O. The maximum absolute atomic E-state index is 13.6. The zero-order valence-corrected chi connectivity index (χ0v) is 13.5. The number of aryl methyl sites for hydroxylation is 1. The topological polar surface area (TPSA) is 42.4 Å². The minimum absolute atomic E-state index is 0.174. The Morgan fingerprint density at radius 1 is 1.39 bits per heavy atom. The second-order valence-corrected chi connectivity index (χ2v) is 6.19. The summed E-state index contributed by atoms with van der Waals surface area (Å²) in [4.78, 5) is 18.4. The zero-order valence-electron chi connectivity index (χ0n) is 13.5. The van der Waals surface area contributed by atoms with Crippen LogP contribution < -0.4 is 0 Å². The molecule has 1 aliphatic rings. The summed E-state index contributed by atoms with van der Waals surface area (Å²) in [5.74, 6) is 0.176. The number of carbonyl (C=O) groups excluding carboxylic acids is 1. The molecule has 0 N–H and O–H groups in total. The number of pyridine rings is 1. The highest BCUT2D eigenvalue weighted by Crippen LogP contribution is 2.27. The molecule has 1 amide bonds. The Morgan fingerprint density at radius 2 is 2.22 bits per heavy atom. The Hall–Kier alpha value is -2.01. The van der Waals surface area contributed by atoms with E-state index >= 15 is 0 Å². The van der Waals surface area contributed by atoms with Crippen molar-refractivity contribution in [3.05, 3.63) is 41.3 Å². The molecule has 0 spiro atoms. The predicted molar refractivity (Wildman–Crippen MR) is 86.7 cm³/mol. The molecule has 4 nitrogen and oxygen atoms in total. The molecule has 0 unspecified atom stereocenters. The second kappa shape index (κ2) is 6.62. The van der Waals surface area contributed by atoms with Gasteiger partial charge in [-0.3, -0.25) is 9.78 Å². The molecule has 2 heterocycles. The van der Waals surface area contributed by atoms with Crippen LogP contribution >= 0.6 is 0 Å². The molecule has 1 aliphatic heterocycles. The van der Waals surface area contributed by atoms with Gasteiger partial charge in [-0.05, 0) is 49.1 Å². The highest BCUT2D eigenvalue weighted by molar-refractivity contribution is 5.83. The molecule has 122 valence electrons. The van der Waals surface area contributed by atoms with Crippen LogP contribution in [0.5, 0.6) is 0 Å². The van der Waals surface area contributed by atoms with Crippen LogP contribution in [0.15, 0.2) is 24.3 Å². The van der Waals surface area contributed by atoms with Crippen LogP contribution in [-0.2, 0) is 16.0 Å². The van der Waals surface area contributed by atoms with Crippen molar-refractivity contribution >= 4 is 16.8 Å². The van der Waals surface area contributed by atoms with Crippen molar-refractivity contribution in [1.29, 1.82) is 0 Å². The van der Waals surface area contributed by atoms with Crippen molar-refractivity contribution in [2.75, 3.05) is 26.8 Å². The van der Waals surface area contributed by atoms with Crippen LogP contribution in [0.2, 0.25) is 0 Å². The third kappa shape index (κ3) is 3.50. The molecule has 1 saturated heterocycles. The number of ether oxygens (including phenoxy) is 1. The lowest BCUT2D eigenvalue weighted by Gasteiger charge is -2.16. The smallest absolute Gasteiger partial charge is 0.223 e. The number of benzene rings is 1. The van der Waals surface area contributed by atoms with Gasteiger partial charge in [-0.1, -0.05) is 0 Å². The molecule has 0 radical (unpaired) electrons. The monoisotopic (exact) mass is 316 g/mol. The zero-order chi connectivity index (χ0) is 16.4. The Balaban J connectivity index is 1.82. The summed E-state index contributed by atoms with van der Waals surface area (Å²) in [5, 5.41) is 0.846. The Morgan fingerprint density at radius 3 is 3.00 bits per heavy atom. The Labute approximate surface area is 135 Å². The average Bonchev–Trinajstić information content (AvgIpc) is 2.85. The van der Waals surface area contributed by atoms with Crippen LogP contribution in [0.1, 0.15) is 17.7 Å². The molecule has 23 heavy (non-hydrogen) atoms. The minimum Gasteiger partial charge on any atom is -0.383 e. The number of amides is 1. The largest absolute Gasteiger partial charge is 0.383 e. The first-order chi connectivity index (χ1) is 11.1. The molecular formula is C18H21FN2O2. The normalized spacial score (nSPS) is 18.1. The number of aromatic nitrogens is 1. The fourth-order valence-corrected chi connectivity index (χ4v) is 3.30. The molecule has 2 aromatic rings. The highest BCUT2D eigenvalue weighted by atomic mass is 19.1. The van der Waals surface area contributed by atoms with E-state index < -0.39 is 0 Å². The van der Waals surface area contributed by atoms with E-state index in [4.69, 9.17) is 4.74 Å². The van der Waals surface area contributed by atoms with E-state index in [1.807, 2.05) is 17.9 Å². The molecule has 3 rings (SSSR count). The van der Waals surface area contributed by atoms with E-state index in [1.165, 1.54) is 12.1 Å². The van der Waals surface area contributed by atoms with Gasteiger partial charge in [0.15, 0.2) is 0 Å². The van der Waals surface area contributed by atoms with Crippen molar-refractivity contribution in [2.45, 2.75) is 19.8 Å². The molecule has 5 heteroatoms. The summed E-state index contributed by atoms with van der Waals surface area (Å²) in [6.07, 6.45) is 1.31. The van der Waals surface area contributed by atoms with Crippen LogP contribution in [0.25, 0.3) is 10.9 Å². The molecular weight excluding hydrogens is 295 g/mol. The summed E-state index contributed by atoms with van der Waals surface area (Å²) in [6.45, 7) is 3.87. The first-order valence-corrected chi connectivity index (χ1v) is 7.89. The fraction of sp³-hybridized carbons (Fsp3) is 0.444. The average molecular weight is 316 g/mol. The van der Waals surface area contributed by atoms with Gasteiger partial charge in [0.05, 0.1) is 12.1 Å². The second-order valence-electron chi connectivity index (χ2n) is 6.19. The molecule has 1 atom stereocenters. The van der Waals surface area contributed by atoms with E-state index in [2.05, 4.69) is 4.98 Å². The van der Waals surface area contributed by atoms with Crippen LogP contribution in [0, 0.1) is 18.7 Å². The van der Waals surface area contributed by atoms with Gasteiger partial charge < -0.3 is 9.64 Å². The van der Waals surface area contributed by atoms with Crippen LogP contribution in [-0.4, -0.2) is 42.6 Å². The summed E-state index contributed by atoms with van der Waals surface area (Å²) < 4.78 is 18.6. The van der Waals surface area contributed by atoms with Gasteiger partial charge in [-0.15, -0.1) is 0 Å². The van der Waals surface area contributed by atoms with E-state index in [0.717, 1.165) is 35.1 Å². The summed E-state index contributed by atoms with van der Waals surface area (Å²) in [6, 6.07) is 6.69. The summed E-state index contributed by atoms with van der Waals surface area (Å²) in [7, 11) is 1.64. The Kier molecular flexibility index (Phi) is 4.57. The number of methoxy groups -OCH3 is 1. The minimum atomic E-state index is -0.256. The van der Waals surface area contributed by atoms with Crippen molar-refractivity contribution in [3.8, 4) is 0 Å². The number of nitrogens with zero attached hydrogens (tertiary/aromatic N) is 2. The predicted octanol–water partition coefficient (Wildman–Crippen LogP) is 2.72. The number of carbonyl (C=O) groups is 1. The van der Waals surface area contributed by atoms with E-state index in [9.17, 15) is 9.18 Å². The molecule has 0 bridgehead atoms. The lowest BCUT2D eigenvalue weighted by atomic mass is 9.95. The van der Waals surface area contributed by atoms with Crippen LogP contribution in [0.4, 0.5) is 4.39 Å². The van der Waals surface area contributed by atoms with Gasteiger partial charge in [0.25, 0.3) is 0 Å². The number of fused-ring (bicyclic) bond motifs is 1. The summed E-state index contributed by atoms with van der Waals surface area (Å²) >= 11 is 0. The van der Waals surface area contributed by atoms with Crippen molar-refractivity contribution in [3.63, 3.8) is 0 Å². The van der Waals surface area contributed by atoms with Gasteiger partial charge in [-0.2, -0.15) is 0 Å². The molecule has 0 aliphatic carbocycles. The number of hydrogen-bond donors (Lipinski definition) is 0. The third-order valence-corrected chi connectivity index (χ3v) is 4.35. The maximum atomic E-state index is 13.6. The van der Waals surface area contributed by atoms with Crippen LogP contribution in [0.3, 0.4) is 0 Å². The van der Waals surface area contributed by atoms with Crippen molar-refractivity contribution in [2.24, 2.45) is 5.92 Å². The van der Waals surface area contributed by atoms with Gasteiger partial charge >= 0.3 is 0 Å². The summed E-state index contributed by atoms with van der Waals surface area (Å²) in [5.41, 5.74) is 2.79. The Bertz CT molecular complexity index is 732. The van der Waals surface area contributed by atoms with Gasteiger partial charge in [-0.25, -0.2) is 4.39 Å². The molecule has 0 saturated carbocycles. The number of hydrogen-bond acceptors (Lipinski definition) is 3. The third-order valence-electron chi connectivity index (χ3n) is 4.35.